The molecule has 0 spiro atoms. The Morgan fingerprint density at radius 3 is 2.42 bits per heavy atom. The highest BCUT2D eigenvalue weighted by Gasteiger charge is 2.20. The van der Waals surface area contributed by atoms with Crippen molar-refractivity contribution in [2.24, 2.45) is 0 Å². The van der Waals surface area contributed by atoms with Crippen LogP contribution in [0.15, 0.2) is 72.8 Å². The van der Waals surface area contributed by atoms with Crippen molar-refractivity contribution >= 4 is 11.6 Å². The number of halogens is 1. The van der Waals surface area contributed by atoms with Crippen LogP contribution in [-0.4, -0.2) is 15.7 Å². The second-order valence-corrected chi connectivity index (χ2v) is 8.10. The average Bonchev–Trinajstić information content (AvgIpc) is 3.07. The van der Waals surface area contributed by atoms with Crippen molar-refractivity contribution in [2.45, 2.75) is 33.6 Å². The maximum absolute atomic E-state index is 13.4. The van der Waals surface area contributed by atoms with Crippen LogP contribution in [0, 0.1) is 26.6 Å². The van der Waals surface area contributed by atoms with Crippen molar-refractivity contribution in [2.75, 3.05) is 5.32 Å². The number of aromatic nitrogens is 2. The van der Waals surface area contributed by atoms with E-state index in [0.717, 1.165) is 28.1 Å². The number of amides is 1. The second-order valence-electron chi connectivity index (χ2n) is 8.10. The average molecular weight is 444 g/mol. The summed E-state index contributed by atoms with van der Waals surface area (Å²) in [5, 5.41) is 7.47. The highest BCUT2D eigenvalue weighted by atomic mass is 19.1. The van der Waals surface area contributed by atoms with Gasteiger partial charge in [0.15, 0.2) is 0 Å². The Hall–Kier alpha value is -3.93. The topological polar surface area (TPSA) is 56.1 Å². The highest BCUT2D eigenvalue weighted by Crippen LogP contribution is 2.32. The number of anilines is 1. The first-order valence-electron chi connectivity index (χ1n) is 10.8. The molecule has 1 N–H and O–H groups in total. The van der Waals surface area contributed by atoms with E-state index in [4.69, 9.17) is 9.84 Å². The summed E-state index contributed by atoms with van der Waals surface area (Å²) in [6.45, 7) is 5.95. The lowest BCUT2D eigenvalue weighted by Gasteiger charge is -2.12. The second kappa shape index (κ2) is 9.69. The zero-order valence-electron chi connectivity index (χ0n) is 18.9. The van der Waals surface area contributed by atoms with Gasteiger partial charge in [0.05, 0.1) is 11.4 Å². The maximum atomic E-state index is 13.4. The smallest absolute Gasteiger partial charge is 0.226 e. The number of nitrogens with one attached hydrogen (secondary N) is 1. The Bertz CT molecular complexity index is 1300. The van der Waals surface area contributed by atoms with E-state index in [9.17, 15) is 9.18 Å². The van der Waals surface area contributed by atoms with Gasteiger partial charge in [-0.25, -0.2) is 9.07 Å². The minimum atomic E-state index is -0.392. The zero-order chi connectivity index (χ0) is 23.4. The quantitative estimate of drug-likeness (QED) is 0.365. The summed E-state index contributed by atoms with van der Waals surface area (Å²) in [6, 6.07) is 21.7. The van der Waals surface area contributed by atoms with E-state index in [1.807, 2.05) is 69.3 Å². The monoisotopic (exact) mass is 443 g/mol. The van der Waals surface area contributed by atoms with Crippen LogP contribution in [0.3, 0.4) is 0 Å². The lowest BCUT2D eigenvalue weighted by molar-refractivity contribution is -0.116. The summed E-state index contributed by atoms with van der Waals surface area (Å²) in [5.74, 6) is 0.693. The Labute approximate surface area is 192 Å². The normalized spacial score (nSPS) is 10.8. The third-order valence-electron chi connectivity index (χ3n) is 5.30. The summed E-state index contributed by atoms with van der Waals surface area (Å²) >= 11 is 0. The van der Waals surface area contributed by atoms with Crippen LogP contribution in [-0.2, 0) is 11.2 Å². The van der Waals surface area contributed by atoms with Crippen molar-refractivity contribution in [1.29, 1.82) is 0 Å². The number of benzene rings is 3. The molecule has 0 bridgehead atoms. The van der Waals surface area contributed by atoms with Gasteiger partial charge in [0.2, 0.25) is 11.8 Å². The van der Waals surface area contributed by atoms with Crippen LogP contribution in [0.4, 0.5) is 10.1 Å². The van der Waals surface area contributed by atoms with Crippen molar-refractivity contribution < 1.29 is 13.9 Å². The molecule has 4 aromatic rings. The molecule has 0 fully saturated rings. The fraction of sp³-hybridized carbons (Fsp3) is 0.185. The predicted molar refractivity (Wildman–Crippen MR) is 128 cm³/mol. The first-order valence-corrected chi connectivity index (χ1v) is 10.8. The molecule has 1 aromatic heterocycles. The van der Waals surface area contributed by atoms with Gasteiger partial charge in [-0.15, -0.1) is 0 Å². The number of carbonyl (C=O) groups is 1. The summed E-state index contributed by atoms with van der Waals surface area (Å²) in [7, 11) is 0. The first-order chi connectivity index (χ1) is 15.9. The summed E-state index contributed by atoms with van der Waals surface area (Å²) in [5.41, 5.74) is 5.16. The fourth-order valence-electron chi connectivity index (χ4n) is 3.68. The lowest BCUT2D eigenvalue weighted by Crippen LogP contribution is -2.12. The van der Waals surface area contributed by atoms with Crippen LogP contribution in [0.1, 0.15) is 28.8 Å². The van der Waals surface area contributed by atoms with E-state index < -0.39 is 5.82 Å². The molecule has 168 valence electrons. The van der Waals surface area contributed by atoms with Crippen molar-refractivity contribution in [1.82, 2.24) is 9.78 Å². The van der Waals surface area contributed by atoms with Gasteiger partial charge in [-0.1, -0.05) is 30.3 Å². The third-order valence-corrected chi connectivity index (χ3v) is 5.30. The third kappa shape index (κ3) is 5.47. The van der Waals surface area contributed by atoms with Crippen LogP contribution in [0.5, 0.6) is 11.6 Å². The molecule has 6 heteroatoms. The van der Waals surface area contributed by atoms with Crippen LogP contribution < -0.4 is 10.1 Å². The van der Waals surface area contributed by atoms with E-state index in [1.54, 1.807) is 16.8 Å². The van der Waals surface area contributed by atoms with Gasteiger partial charge in [0.1, 0.15) is 11.6 Å². The minimum Gasteiger partial charge on any atom is -0.439 e. The molecule has 0 aliphatic carbocycles. The van der Waals surface area contributed by atoms with Gasteiger partial charge < -0.3 is 10.1 Å². The number of hydrogen-bond donors (Lipinski definition) is 1. The van der Waals surface area contributed by atoms with Crippen molar-refractivity contribution in [3.8, 4) is 17.3 Å². The molecule has 1 heterocycles. The number of hydrogen-bond acceptors (Lipinski definition) is 3. The molecular formula is C27H26FN3O2. The number of nitrogens with zero attached hydrogens (tertiary/aromatic N) is 2. The lowest BCUT2D eigenvalue weighted by atomic mass is 10.1. The molecule has 1 amide bonds. The number of carbonyl (C=O) groups excluding carboxylic acids is 1. The molecule has 0 aliphatic rings. The van der Waals surface area contributed by atoms with Crippen LogP contribution >= 0.6 is 0 Å². The van der Waals surface area contributed by atoms with Crippen molar-refractivity contribution in [3.05, 3.63) is 101 Å². The maximum Gasteiger partial charge on any atom is 0.226 e. The summed E-state index contributed by atoms with van der Waals surface area (Å²) < 4.78 is 21.5. The van der Waals surface area contributed by atoms with Gasteiger partial charge in [-0.2, -0.15) is 5.10 Å². The van der Waals surface area contributed by atoms with E-state index in [1.165, 1.54) is 12.1 Å². The molecule has 3 aromatic carbocycles. The Morgan fingerprint density at radius 1 is 0.970 bits per heavy atom. The zero-order valence-corrected chi connectivity index (χ0v) is 18.9. The predicted octanol–water partition coefficient (Wildman–Crippen LogP) is 6.30. The molecular weight excluding hydrogens is 417 g/mol. The Balaban J connectivity index is 1.62. The van der Waals surface area contributed by atoms with E-state index in [2.05, 4.69) is 5.32 Å². The molecule has 33 heavy (non-hydrogen) atoms. The van der Waals surface area contributed by atoms with Gasteiger partial charge in [0, 0.05) is 17.7 Å². The fourth-order valence-corrected chi connectivity index (χ4v) is 3.68. The molecule has 0 atom stereocenters. The van der Waals surface area contributed by atoms with Gasteiger partial charge >= 0.3 is 0 Å². The molecule has 0 saturated carbocycles. The van der Waals surface area contributed by atoms with Crippen LogP contribution in [0.25, 0.3) is 5.69 Å². The van der Waals surface area contributed by atoms with E-state index >= 15 is 0 Å². The van der Waals surface area contributed by atoms with E-state index in [0.29, 0.717) is 23.7 Å². The number of ether oxygens (including phenoxy) is 1. The Kier molecular flexibility index (Phi) is 6.54. The summed E-state index contributed by atoms with van der Waals surface area (Å²) in [4.78, 5) is 12.5. The van der Waals surface area contributed by atoms with Crippen molar-refractivity contribution in [3.63, 3.8) is 0 Å². The van der Waals surface area contributed by atoms with Gasteiger partial charge in [0.25, 0.3) is 0 Å². The highest BCUT2D eigenvalue weighted by molar-refractivity contribution is 5.90. The minimum absolute atomic E-state index is 0.204. The largest absolute Gasteiger partial charge is 0.439 e. The molecule has 0 radical (unpaired) electrons. The number of rotatable bonds is 7. The van der Waals surface area contributed by atoms with E-state index in [-0.39, 0.29) is 12.3 Å². The van der Waals surface area contributed by atoms with Gasteiger partial charge in [-0.05, 0) is 80.8 Å². The molecule has 5 nitrogen and oxygen atoms in total. The summed E-state index contributed by atoms with van der Waals surface area (Å²) in [6.07, 6.45) is 0.640. The standard InChI is InChI=1S/C27H26FN3O2/c1-18-7-4-11-23(15-18)31-27(33-24-12-5-8-19(2)16-24)25(20(3)30-31)13-14-26(32)29-22-10-6-9-21(28)17-22/h4-12,15-17H,13-14H2,1-3H3,(H,29,32). The van der Waals surface area contributed by atoms with Crippen LogP contribution in [0.2, 0.25) is 0 Å². The molecule has 0 aliphatic heterocycles. The van der Waals surface area contributed by atoms with Gasteiger partial charge in [-0.3, -0.25) is 4.79 Å². The first kappa shape index (κ1) is 22.3. The number of aryl methyl sites for hydroxylation is 3. The molecule has 0 saturated heterocycles. The Morgan fingerprint density at radius 2 is 1.70 bits per heavy atom. The molecule has 0 unspecified atom stereocenters. The molecule has 4 rings (SSSR count). The SMILES string of the molecule is Cc1cccc(Oc2c(CCC(=O)Nc3cccc(F)c3)c(C)nn2-c2cccc(C)c2)c1.